The molecule has 0 radical (unpaired) electrons. The molecule has 19 heavy (non-hydrogen) atoms. The third-order valence-corrected chi connectivity index (χ3v) is 3.64. The second-order valence-corrected chi connectivity index (χ2v) is 5.84. The maximum absolute atomic E-state index is 4.54. The van der Waals surface area contributed by atoms with Gasteiger partial charge in [-0.2, -0.15) is 0 Å². The van der Waals surface area contributed by atoms with E-state index in [1.54, 1.807) is 0 Å². The van der Waals surface area contributed by atoms with E-state index in [4.69, 9.17) is 0 Å². The first-order valence-electron chi connectivity index (χ1n) is 7.03. The quantitative estimate of drug-likeness (QED) is 0.848. The van der Waals surface area contributed by atoms with Gasteiger partial charge in [0.25, 0.3) is 0 Å². The minimum atomic E-state index is 0.0483. The molecular formula is C14H25N5. The molecule has 2 rings (SSSR count). The van der Waals surface area contributed by atoms with E-state index >= 15 is 0 Å². The van der Waals surface area contributed by atoms with Crippen LogP contribution in [0.25, 0.3) is 0 Å². The molecule has 1 fully saturated rings. The van der Waals surface area contributed by atoms with E-state index in [2.05, 4.69) is 45.4 Å². The molecule has 0 spiro atoms. The molecule has 1 aromatic heterocycles. The van der Waals surface area contributed by atoms with Gasteiger partial charge in [0.1, 0.15) is 17.5 Å². The molecule has 0 bridgehead atoms. The van der Waals surface area contributed by atoms with Crippen molar-refractivity contribution in [2.75, 3.05) is 36.9 Å². The SMILES string of the molecule is CNC(C)(C)CNc1cc(N2CCCC2)nc(C)n1. The summed E-state index contributed by atoms with van der Waals surface area (Å²) in [5, 5.41) is 6.68. The van der Waals surface area contributed by atoms with Crippen molar-refractivity contribution in [1.82, 2.24) is 15.3 Å². The number of nitrogens with one attached hydrogen (secondary N) is 2. The van der Waals surface area contributed by atoms with Crippen LogP contribution in [0.3, 0.4) is 0 Å². The maximum Gasteiger partial charge on any atom is 0.134 e. The van der Waals surface area contributed by atoms with Crippen LogP contribution in [-0.4, -0.2) is 42.2 Å². The van der Waals surface area contributed by atoms with Crippen LogP contribution in [0, 0.1) is 6.92 Å². The highest BCUT2D eigenvalue weighted by molar-refractivity contribution is 5.50. The van der Waals surface area contributed by atoms with Crippen molar-refractivity contribution in [1.29, 1.82) is 0 Å². The molecule has 0 aliphatic carbocycles. The second kappa shape index (κ2) is 5.74. The lowest BCUT2D eigenvalue weighted by Crippen LogP contribution is -2.42. The van der Waals surface area contributed by atoms with Crippen LogP contribution in [0.15, 0.2) is 6.07 Å². The van der Waals surface area contributed by atoms with Crippen molar-refractivity contribution in [2.45, 2.75) is 39.2 Å². The molecular weight excluding hydrogens is 238 g/mol. The van der Waals surface area contributed by atoms with Gasteiger partial charge >= 0.3 is 0 Å². The summed E-state index contributed by atoms with van der Waals surface area (Å²) >= 11 is 0. The normalized spacial score (nSPS) is 15.9. The predicted molar refractivity (Wildman–Crippen MR) is 79.8 cm³/mol. The number of likely N-dealkylation sites (N-methyl/N-ethyl adjacent to an activating group) is 1. The molecule has 106 valence electrons. The second-order valence-electron chi connectivity index (χ2n) is 5.84. The van der Waals surface area contributed by atoms with Crippen LogP contribution in [-0.2, 0) is 0 Å². The van der Waals surface area contributed by atoms with Crippen molar-refractivity contribution in [2.24, 2.45) is 0 Å². The Morgan fingerprint density at radius 3 is 2.58 bits per heavy atom. The number of hydrogen-bond donors (Lipinski definition) is 2. The van der Waals surface area contributed by atoms with Crippen molar-refractivity contribution < 1.29 is 0 Å². The van der Waals surface area contributed by atoms with Crippen LogP contribution in [0.4, 0.5) is 11.6 Å². The number of hydrogen-bond acceptors (Lipinski definition) is 5. The van der Waals surface area contributed by atoms with Gasteiger partial charge in [-0.1, -0.05) is 0 Å². The van der Waals surface area contributed by atoms with Crippen LogP contribution in [0.5, 0.6) is 0 Å². The zero-order chi connectivity index (χ0) is 13.9. The third-order valence-electron chi connectivity index (χ3n) is 3.64. The van der Waals surface area contributed by atoms with E-state index in [0.29, 0.717) is 0 Å². The van der Waals surface area contributed by atoms with E-state index in [-0.39, 0.29) is 5.54 Å². The predicted octanol–water partition coefficient (Wildman–Crippen LogP) is 1.80. The highest BCUT2D eigenvalue weighted by Crippen LogP contribution is 2.20. The lowest BCUT2D eigenvalue weighted by atomic mass is 10.1. The number of nitrogens with zero attached hydrogens (tertiary/aromatic N) is 3. The number of aromatic nitrogens is 2. The summed E-state index contributed by atoms with van der Waals surface area (Å²) < 4.78 is 0. The minimum Gasteiger partial charge on any atom is -0.368 e. The van der Waals surface area contributed by atoms with Crippen LogP contribution >= 0.6 is 0 Å². The Bertz CT molecular complexity index is 424. The molecule has 0 amide bonds. The summed E-state index contributed by atoms with van der Waals surface area (Å²) in [4.78, 5) is 11.3. The summed E-state index contributed by atoms with van der Waals surface area (Å²) in [7, 11) is 1.97. The highest BCUT2D eigenvalue weighted by atomic mass is 15.2. The lowest BCUT2D eigenvalue weighted by molar-refractivity contribution is 0.447. The van der Waals surface area contributed by atoms with Gasteiger partial charge in [-0.15, -0.1) is 0 Å². The molecule has 1 aliphatic heterocycles. The Morgan fingerprint density at radius 1 is 1.26 bits per heavy atom. The molecule has 0 atom stereocenters. The van der Waals surface area contributed by atoms with Crippen LogP contribution in [0.1, 0.15) is 32.5 Å². The fourth-order valence-corrected chi connectivity index (χ4v) is 2.15. The Morgan fingerprint density at radius 2 is 1.95 bits per heavy atom. The molecule has 1 saturated heterocycles. The van der Waals surface area contributed by atoms with E-state index in [9.17, 15) is 0 Å². The first-order chi connectivity index (χ1) is 9.00. The van der Waals surface area contributed by atoms with Crippen LogP contribution < -0.4 is 15.5 Å². The Labute approximate surface area is 115 Å². The fourth-order valence-electron chi connectivity index (χ4n) is 2.15. The summed E-state index contributed by atoms with van der Waals surface area (Å²) in [5.41, 5.74) is 0.0483. The summed E-state index contributed by atoms with van der Waals surface area (Å²) in [6.07, 6.45) is 2.52. The molecule has 0 saturated carbocycles. The van der Waals surface area contributed by atoms with Crippen LogP contribution in [0.2, 0.25) is 0 Å². The van der Waals surface area contributed by atoms with Gasteiger partial charge in [0.05, 0.1) is 0 Å². The molecule has 0 aromatic carbocycles. The van der Waals surface area contributed by atoms with E-state index in [1.165, 1.54) is 12.8 Å². The monoisotopic (exact) mass is 263 g/mol. The molecule has 1 aromatic rings. The van der Waals surface area contributed by atoms with E-state index in [1.807, 2.05) is 14.0 Å². The molecule has 2 heterocycles. The third kappa shape index (κ3) is 3.80. The molecule has 5 heteroatoms. The van der Waals surface area contributed by atoms with Crippen molar-refractivity contribution in [3.63, 3.8) is 0 Å². The average Bonchev–Trinajstić information content (AvgIpc) is 2.90. The van der Waals surface area contributed by atoms with Gasteiger partial charge in [-0.25, -0.2) is 9.97 Å². The number of rotatable bonds is 5. The van der Waals surface area contributed by atoms with Gasteiger partial charge in [0.2, 0.25) is 0 Å². The Balaban J connectivity index is 2.08. The lowest BCUT2D eigenvalue weighted by Gasteiger charge is -2.25. The van der Waals surface area contributed by atoms with Gasteiger partial charge < -0.3 is 15.5 Å². The summed E-state index contributed by atoms with van der Waals surface area (Å²) in [6, 6.07) is 2.06. The first kappa shape index (κ1) is 14.1. The van der Waals surface area contributed by atoms with E-state index < -0.39 is 0 Å². The summed E-state index contributed by atoms with van der Waals surface area (Å²) in [6.45, 7) is 9.33. The first-order valence-corrected chi connectivity index (χ1v) is 7.03. The van der Waals surface area contributed by atoms with Gasteiger partial charge in [0.15, 0.2) is 0 Å². The minimum absolute atomic E-state index is 0.0483. The number of aryl methyl sites for hydroxylation is 1. The van der Waals surface area contributed by atoms with Crippen molar-refractivity contribution >= 4 is 11.6 Å². The Hall–Kier alpha value is -1.36. The Kier molecular flexibility index (Phi) is 4.24. The van der Waals surface area contributed by atoms with Gasteiger partial charge in [-0.05, 0) is 40.7 Å². The summed E-state index contributed by atoms with van der Waals surface area (Å²) in [5.74, 6) is 2.79. The zero-order valence-electron chi connectivity index (χ0n) is 12.5. The van der Waals surface area contributed by atoms with Crippen molar-refractivity contribution in [3.8, 4) is 0 Å². The standard InChI is InChI=1S/C14H25N5/c1-11-17-12(16-10-14(2,3)15-4)9-13(18-11)19-7-5-6-8-19/h9,15H,5-8,10H2,1-4H3,(H,16,17,18). The smallest absolute Gasteiger partial charge is 0.134 e. The van der Waals surface area contributed by atoms with Gasteiger partial charge in [-0.3, -0.25) is 0 Å². The number of anilines is 2. The van der Waals surface area contributed by atoms with Gasteiger partial charge in [0, 0.05) is 31.2 Å². The molecule has 1 aliphatic rings. The average molecular weight is 263 g/mol. The molecule has 0 unspecified atom stereocenters. The highest BCUT2D eigenvalue weighted by Gasteiger charge is 2.17. The fraction of sp³-hybridized carbons (Fsp3) is 0.714. The van der Waals surface area contributed by atoms with E-state index in [0.717, 1.165) is 37.1 Å². The maximum atomic E-state index is 4.54. The van der Waals surface area contributed by atoms with Crippen molar-refractivity contribution in [3.05, 3.63) is 11.9 Å². The largest absolute Gasteiger partial charge is 0.368 e. The molecule has 5 nitrogen and oxygen atoms in total. The topological polar surface area (TPSA) is 53.1 Å². The molecule has 2 N–H and O–H groups in total. The zero-order valence-corrected chi connectivity index (χ0v) is 12.5.